The van der Waals surface area contributed by atoms with Crippen molar-refractivity contribution in [1.29, 1.82) is 0 Å². The third-order valence-corrected chi connectivity index (χ3v) is 7.08. The highest BCUT2D eigenvalue weighted by Gasteiger charge is 2.26. The van der Waals surface area contributed by atoms with Gasteiger partial charge in [-0.05, 0) is 55.8 Å². The number of nitrogens with one attached hydrogen (secondary N) is 1. The van der Waals surface area contributed by atoms with Crippen LogP contribution in [-0.2, 0) is 19.6 Å². The maximum absolute atomic E-state index is 13.4. The van der Waals surface area contributed by atoms with Crippen molar-refractivity contribution in [2.24, 2.45) is 0 Å². The molecule has 0 radical (unpaired) electrons. The molecule has 3 aromatic carbocycles. The van der Waals surface area contributed by atoms with Gasteiger partial charge < -0.3 is 14.8 Å². The lowest BCUT2D eigenvalue weighted by Gasteiger charge is -2.24. The van der Waals surface area contributed by atoms with Crippen LogP contribution in [0.1, 0.15) is 22.8 Å². The van der Waals surface area contributed by atoms with E-state index in [4.69, 9.17) is 9.47 Å². The van der Waals surface area contributed by atoms with Gasteiger partial charge in [0.05, 0.1) is 28.9 Å². The van der Waals surface area contributed by atoms with Crippen LogP contribution in [0.2, 0.25) is 0 Å². The van der Waals surface area contributed by atoms with Gasteiger partial charge in [-0.25, -0.2) is 13.2 Å². The smallest absolute Gasteiger partial charge is 0.338 e. The van der Waals surface area contributed by atoms with Gasteiger partial charge in [0.1, 0.15) is 5.75 Å². The van der Waals surface area contributed by atoms with Gasteiger partial charge in [0, 0.05) is 6.54 Å². The van der Waals surface area contributed by atoms with E-state index >= 15 is 0 Å². The summed E-state index contributed by atoms with van der Waals surface area (Å²) in [6.45, 7) is 3.06. The summed E-state index contributed by atoms with van der Waals surface area (Å²) in [5.74, 6) is -0.900. The highest BCUT2D eigenvalue weighted by Crippen LogP contribution is 2.27. The minimum absolute atomic E-state index is 0.00822. The first kappa shape index (κ1) is 24.8. The van der Waals surface area contributed by atoms with Crippen molar-refractivity contribution in [3.8, 4) is 5.75 Å². The molecule has 0 aliphatic heterocycles. The summed E-state index contributed by atoms with van der Waals surface area (Å²) in [6.07, 6.45) is 0. The molecule has 0 saturated heterocycles. The number of benzene rings is 3. The Hall–Kier alpha value is -3.85. The predicted octanol–water partition coefficient (Wildman–Crippen LogP) is 4.01. The molecule has 178 valence electrons. The number of amides is 1. The molecule has 0 spiro atoms. The zero-order valence-electron chi connectivity index (χ0n) is 19.1. The number of carbonyl (C=O) groups excluding carboxylic acids is 2. The number of nitrogens with zero attached hydrogens (tertiary/aromatic N) is 1. The van der Waals surface area contributed by atoms with E-state index in [1.165, 1.54) is 29.6 Å². The van der Waals surface area contributed by atoms with E-state index in [0.717, 1.165) is 0 Å². The molecule has 34 heavy (non-hydrogen) atoms. The van der Waals surface area contributed by atoms with E-state index < -0.39 is 28.5 Å². The van der Waals surface area contributed by atoms with Crippen LogP contribution in [-0.4, -0.2) is 40.6 Å². The molecule has 8 nitrogen and oxygen atoms in total. The van der Waals surface area contributed by atoms with Gasteiger partial charge >= 0.3 is 5.97 Å². The molecule has 0 bridgehead atoms. The largest absolute Gasteiger partial charge is 0.495 e. The number of carbonyl (C=O) groups is 2. The summed E-state index contributed by atoms with van der Waals surface area (Å²) in [6, 6.07) is 19.8. The third kappa shape index (κ3) is 5.55. The average Bonchev–Trinajstić information content (AvgIpc) is 2.84. The lowest BCUT2D eigenvalue weighted by atomic mass is 10.1. The van der Waals surface area contributed by atoms with E-state index in [1.54, 1.807) is 68.4 Å². The number of ether oxygens (including phenoxy) is 2. The molecule has 9 heteroatoms. The Morgan fingerprint density at radius 1 is 0.971 bits per heavy atom. The molecule has 1 N–H and O–H groups in total. The number of para-hydroxylation sites is 3. The Bertz CT molecular complexity index is 1280. The normalized spacial score (nSPS) is 10.9. The molecule has 0 unspecified atom stereocenters. The molecule has 0 heterocycles. The summed E-state index contributed by atoms with van der Waals surface area (Å²) in [7, 11) is -2.46. The highest BCUT2D eigenvalue weighted by atomic mass is 32.2. The molecule has 0 fully saturated rings. The van der Waals surface area contributed by atoms with Crippen molar-refractivity contribution < 1.29 is 27.5 Å². The zero-order valence-corrected chi connectivity index (χ0v) is 20.0. The van der Waals surface area contributed by atoms with Crippen molar-refractivity contribution in [3.05, 3.63) is 83.9 Å². The molecule has 0 aliphatic rings. The average molecular weight is 483 g/mol. The standard InChI is InChI=1S/C25H26N2O6S/c1-4-27(20-10-6-5-7-11-20)34(30,31)23-16-19(15-14-18(23)2)25(29)33-17-24(28)26-21-12-8-9-13-22(21)32-3/h5-16H,4,17H2,1-3H3,(H,26,28). The summed E-state index contributed by atoms with van der Waals surface area (Å²) in [5.41, 5.74) is 1.47. The quantitative estimate of drug-likeness (QED) is 0.462. The second kappa shape index (κ2) is 10.8. The van der Waals surface area contributed by atoms with E-state index in [2.05, 4.69) is 5.32 Å². The van der Waals surface area contributed by atoms with Crippen molar-refractivity contribution in [1.82, 2.24) is 0 Å². The van der Waals surface area contributed by atoms with Crippen molar-refractivity contribution in [3.63, 3.8) is 0 Å². The fourth-order valence-corrected chi connectivity index (χ4v) is 5.09. The van der Waals surface area contributed by atoms with Gasteiger partial charge in [-0.2, -0.15) is 0 Å². The summed E-state index contributed by atoms with van der Waals surface area (Å²) < 4.78 is 38.3. The summed E-state index contributed by atoms with van der Waals surface area (Å²) >= 11 is 0. The first-order valence-corrected chi connectivity index (χ1v) is 12.0. The summed E-state index contributed by atoms with van der Waals surface area (Å²) in [5, 5.41) is 2.61. The number of hydrogen-bond donors (Lipinski definition) is 1. The van der Waals surface area contributed by atoms with Gasteiger partial charge in [0.2, 0.25) is 0 Å². The Kier molecular flexibility index (Phi) is 7.91. The number of methoxy groups -OCH3 is 1. The first-order chi connectivity index (χ1) is 16.3. The fourth-order valence-electron chi connectivity index (χ4n) is 3.36. The molecule has 0 saturated carbocycles. The zero-order chi connectivity index (χ0) is 24.7. The molecule has 1 amide bonds. The van der Waals surface area contributed by atoms with Crippen molar-refractivity contribution in [2.45, 2.75) is 18.7 Å². The van der Waals surface area contributed by atoms with Crippen LogP contribution in [0.15, 0.2) is 77.7 Å². The Morgan fingerprint density at radius 2 is 1.65 bits per heavy atom. The van der Waals surface area contributed by atoms with Crippen molar-refractivity contribution in [2.75, 3.05) is 29.9 Å². The number of rotatable bonds is 9. The lowest BCUT2D eigenvalue weighted by Crippen LogP contribution is -2.31. The molecular formula is C25H26N2O6S. The molecule has 0 aromatic heterocycles. The number of sulfonamides is 1. The van der Waals surface area contributed by atoms with Crippen LogP contribution in [0.25, 0.3) is 0 Å². The van der Waals surface area contributed by atoms with Crippen LogP contribution in [0, 0.1) is 6.92 Å². The predicted molar refractivity (Wildman–Crippen MR) is 130 cm³/mol. The molecule has 3 aromatic rings. The van der Waals surface area contributed by atoms with Gasteiger partial charge in [0.25, 0.3) is 15.9 Å². The Labute approximate surface area is 199 Å². The van der Waals surface area contributed by atoms with Gasteiger partial charge in [0.15, 0.2) is 6.61 Å². The van der Waals surface area contributed by atoms with Crippen LogP contribution < -0.4 is 14.4 Å². The SMILES string of the molecule is CCN(c1ccccc1)S(=O)(=O)c1cc(C(=O)OCC(=O)Nc2ccccc2OC)ccc1C. The van der Waals surface area contributed by atoms with E-state index in [-0.39, 0.29) is 17.0 Å². The molecule has 0 aliphatic carbocycles. The number of anilines is 2. The van der Waals surface area contributed by atoms with Crippen LogP contribution in [0.5, 0.6) is 5.75 Å². The van der Waals surface area contributed by atoms with Crippen LogP contribution >= 0.6 is 0 Å². The maximum atomic E-state index is 13.4. The van der Waals surface area contributed by atoms with Crippen molar-refractivity contribution >= 4 is 33.3 Å². The van der Waals surface area contributed by atoms with E-state index in [9.17, 15) is 18.0 Å². The fraction of sp³-hybridized carbons (Fsp3) is 0.200. The molecular weight excluding hydrogens is 456 g/mol. The second-order valence-electron chi connectivity index (χ2n) is 7.31. The lowest BCUT2D eigenvalue weighted by molar-refractivity contribution is -0.119. The van der Waals surface area contributed by atoms with Gasteiger partial charge in [-0.3, -0.25) is 9.10 Å². The monoisotopic (exact) mass is 482 g/mol. The van der Waals surface area contributed by atoms with Gasteiger partial charge in [-0.1, -0.05) is 36.4 Å². The summed E-state index contributed by atoms with van der Waals surface area (Å²) in [4.78, 5) is 24.8. The third-order valence-electron chi connectivity index (χ3n) is 5.04. The Balaban J connectivity index is 1.76. The van der Waals surface area contributed by atoms with Crippen LogP contribution in [0.4, 0.5) is 11.4 Å². The molecule has 0 atom stereocenters. The maximum Gasteiger partial charge on any atom is 0.338 e. The van der Waals surface area contributed by atoms with Gasteiger partial charge in [-0.15, -0.1) is 0 Å². The molecule has 3 rings (SSSR count). The second-order valence-corrected chi connectivity index (χ2v) is 9.14. The highest BCUT2D eigenvalue weighted by molar-refractivity contribution is 7.92. The number of aryl methyl sites for hydroxylation is 1. The first-order valence-electron chi connectivity index (χ1n) is 10.6. The minimum atomic E-state index is -3.94. The van der Waals surface area contributed by atoms with E-state index in [0.29, 0.717) is 22.7 Å². The minimum Gasteiger partial charge on any atom is -0.495 e. The van der Waals surface area contributed by atoms with Crippen LogP contribution in [0.3, 0.4) is 0 Å². The number of esters is 1. The number of hydrogen-bond acceptors (Lipinski definition) is 6. The van der Waals surface area contributed by atoms with E-state index in [1.807, 2.05) is 0 Å². The Morgan fingerprint density at radius 3 is 2.32 bits per heavy atom. The topological polar surface area (TPSA) is 102 Å².